The number of hydrogen-bond donors (Lipinski definition) is 1. The lowest BCUT2D eigenvalue weighted by Crippen LogP contribution is -2.42. The Morgan fingerprint density at radius 2 is 2.17 bits per heavy atom. The molecule has 0 spiro atoms. The van der Waals surface area contributed by atoms with Gasteiger partial charge >= 0.3 is 6.18 Å². The summed E-state index contributed by atoms with van der Waals surface area (Å²) in [6.07, 6.45) is -0.312. The molecule has 1 N–H and O–H groups in total. The maximum absolute atomic E-state index is 12.4. The molecule has 2 heterocycles. The summed E-state index contributed by atoms with van der Waals surface area (Å²) in [6, 6.07) is 5.37. The van der Waals surface area contributed by atoms with Crippen molar-refractivity contribution in [2.75, 3.05) is 26.3 Å². The Morgan fingerprint density at radius 3 is 2.88 bits per heavy atom. The average Bonchev–Trinajstić information content (AvgIpc) is 2.81. The minimum absolute atomic E-state index is 0.0241. The van der Waals surface area contributed by atoms with Crippen molar-refractivity contribution in [2.45, 2.75) is 38.0 Å². The highest BCUT2D eigenvalue weighted by molar-refractivity contribution is 5.77. The highest BCUT2D eigenvalue weighted by Crippen LogP contribution is 2.18. The van der Waals surface area contributed by atoms with Gasteiger partial charge in [-0.15, -0.1) is 0 Å². The molecular weight excluding hydrogens is 323 g/mol. The van der Waals surface area contributed by atoms with Gasteiger partial charge in [0, 0.05) is 12.2 Å². The molecule has 1 fully saturated rings. The van der Waals surface area contributed by atoms with E-state index in [-0.39, 0.29) is 12.6 Å². The quantitative estimate of drug-likeness (QED) is 0.858. The lowest BCUT2D eigenvalue weighted by molar-refractivity contribution is -0.178. The van der Waals surface area contributed by atoms with Crippen molar-refractivity contribution in [1.29, 1.82) is 0 Å². The van der Waals surface area contributed by atoms with Crippen molar-refractivity contribution in [3.63, 3.8) is 0 Å². The Balaban J connectivity index is 2.01. The molecule has 1 aromatic rings. The second kappa shape index (κ2) is 8.98. The first-order valence-corrected chi connectivity index (χ1v) is 8.00. The zero-order valence-electron chi connectivity index (χ0n) is 13.4. The number of rotatable bonds is 6. The van der Waals surface area contributed by atoms with Crippen LogP contribution in [-0.4, -0.2) is 54.3 Å². The van der Waals surface area contributed by atoms with Gasteiger partial charge in [-0.05, 0) is 44.5 Å². The van der Waals surface area contributed by atoms with Crippen LogP contribution in [0, 0.1) is 0 Å². The number of carbonyl (C=O) groups excluding carboxylic acids is 1. The smallest absolute Gasteiger partial charge is 0.362 e. The van der Waals surface area contributed by atoms with Gasteiger partial charge in [0.2, 0.25) is 5.91 Å². The third kappa shape index (κ3) is 6.45. The molecule has 0 aromatic carbocycles. The third-order valence-electron chi connectivity index (χ3n) is 3.86. The molecule has 1 aliphatic rings. The van der Waals surface area contributed by atoms with E-state index in [2.05, 4.69) is 15.0 Å². The maximum Gasteiger partial charge on any atom is 0.411 e. The summed E-state index contributed by atoms with van der Waals surface area (Å²) in [7, 11) is 0. The normalized spacial score (nSPS) is 18.9. The molecule has 1 aromatic heterocycles. The van der Waals surface area contributed by atoms with Crippen molar-refractivity contribution >= 4 is 5.91 Å². The molecule has 24 heavy (non-hydrogen) atoms. The maximum atomic E-state index is 12.4. The largest absolute Gasteiger partial charge is 0.411 e. The summed E-state index contributed by atoms with van der Waals surface area (Å²) in [5.74, 6) is -0.434. The van der Waals surface area contributed by atoms with Gasteiger partial charge in [0.25, 0.3) is 0 Å². The van der Waals surface area contributed by atoms with Crippen LogP contribution in [0.3, 0.4) is 0 Å². The van der Waals surface area contributed by atoms with E-state index in [0.717, 1.165) is 32.4 Å². The molecule has 0 bridgehead atoms. The van der Waals surface area contributed by atoms with Crippen LogP contribution in [0.5, 0.6) is 0 Å². The molecular formula is C16H22F3N3O2. The number of aromatic nitrogens is 1. The van der Waals surface area contributed by atoms with Crippen molar-refractivity contribution < 1.29 is 22.7 Å². The van der Waals surface area contributed by atoms with Crippen LogP contribution in [0.4, 0.5) is 13.2 Å². The van der Waals surface area contributed by atoms with Crippen molar-refractivity contribution in [3.8, 4) is 0 Å². The molecule has 0 saturated carbocycles. The Hall–Kier alpha value is -1.67. The van der Waals surface area contributed by atoms with E-state index in [4.69, 9.17) is 0 Å². The molecule has 1 unspecified atom stereocenters. The summed E-state index contributed by atoms with van der Waals surface area (Å²) in [5.41, 5.74) is 0.707. The van der Waals surface area contributed by atoms with Crippen LogP contribution in [-0.2, 0) is 16.1 Å². The molecule has 134 valence electrons. The Morgan fingerprint density at radius 1 is 1.33 bits per heavy atom. The number of pyridine rings is 1. The van der Waals surface area contributed by atoms with Gasteiger partial charge in [-0.2, -0.15) is 13.2 Å². The standard InChI is InChI=1S/C16H22F3N3O2/c17-16(18,19)12-24-11-15(23)22(10-13-4-1-2-8-21-13)14-5-3-7-20-9-6-14/h1-2,4,8,14,20H,3,5-7,9-12H2. The zero-order valence-corrected chi connectivity index (χ0v) is 13.4. The topological polar surface area (TPSA) is 54.5 Å². The van der Waals surface area contributed by atoms with Crippen molar-refractivity contribution in [1.82, 2.24) is 15.2 Å². The number of hydrogen-bond acceptors (Lipinski definition) is 4. The Labute approximate surface area is 139 Å². The third-order valence-corrected chi connectivity index (χ3v) is 3.86. The van der Waals surface area contributed by atoms with Crippen molar-refractivity contribution in [2.24, 2.45) is 0 Å². The molecule has 1 amide bonds. The fourth-order valence-corrected chi connectivity index (χ4v) is 2.74. The molecule has 1 aliphatic heterocycles. The second-order valence-corrected chi connectivity index (χ2v) is 5.79. The predicted octanol–water partition coefficient (Wildman–Crippen LogP) is 2.13. The first kappa shape index (κ1) is 18.7. The van der Waals surface area contributed by atoms with E-state index in [0.29, 0.717) is 5.69 Å². The summed E-state index contributed by atoms with van der Waals surface area (Å²) in [4.78, 5) is 18.2. The van der Waals surface area contributed by atoms with Gasteiger partial charge in [-0.25, -0.2) is 0 Å². The van der Waals surface area contributed by atoms with E-state index < -0.39 is 25.3 Å². The minimum Gasteiger partial charge on any atom is -0.362 e. The van der Waals surface area contributed by atoms with E-state index in [1.54, 1.807) is 23.2 Å². The molecule has 1 saturated heterocycles. The van der Waals surface area contributed by atoms with E-state index in [1.165, 1.54) is 0 Å². The number of carbonyl (C=O) groups is 1. The lowest BCUT2D eigenvalue weighted by Gasteiger charge is -2.31. The Bertz CT molecular complexity index is 503. The number of halogens is 3. The number of nitrogens with zero attached hydrogens (tertiary/aromatic N) is 2. The fourth-order valence-electron chi connectivity index (χ4n) is 2.74. The van der Waals surface area contributed by atoms with Gasteiger partial charge in [0.05, 0.1) is 12.2 Å². The van der Waals surface area contributed by atoms with Gasteiger partial charge < -0.3 is 15.0 Å². The van der Waals surface area contributed by atoms with Crippen LogP contribution in [0.25, 0.3) is 0 Å². The van der Waals surface area contributed by atoms with Crippen molar-refractivity contribution in [3.05, 3.63) is 30.1 Å². The van der Waals surface area contributed by atoms with Crippen LogP contribution in [0.2, 0.25) is 0 Å². The molecule has 0 aliphatic carbocycles. The van der Waals surface area contributed by atoms with E-state index in [9.17, 15) is 18.0 Å². The van der Waals surface area contributed by atoms with Gasteiger partial charge in [-0.3, -0.25) is 9.78 Å². The number of alkyl halides is 3. The first-order chi connectivity index (χ1) is 11.5. The minimum atomic E-state index is -4.43. The van der Waals surface area contributed by atoms with Crippen LogP contribution >= 0.6 is 0 Å². The Kier molecular flexibility index (Phi) is 6.99. The average molecular weight is 345 g/mol. The number of ether oxygens (including phenoxy) is 1. The SMILES string of the molecule is O=C(COCC(F)(F)F)N(Cc1ccccn1)C1CCCNCC1. The molecule has 1 atom stereocenters. The highest BCUT2D eigenvalue weighted by atomic mass is 19.4. The first-order valence-electron chi connectivity index (χ1n) is 8.00. The second-order valence-electron chi connectivity index (χ2n) is 5.79. The van der Waals surface area contributed by atoms with Gasteiger partial charge in [0.15, 0.2) is 0 Å². The monoisotopic (exact) mass is 345 g/mol. The molecule has 2 rings (SSSR count). The lowest BCUT2D eigenvalue weighted by atomic mass is 10.1. The summed E-state index contributed by atoms with van der Waals surface area (Å²) >= 11 is 0. The van der Waals surface area contributed by atoms with E-state index in [1.807, 2.05) is 6.07 Å². The summed E-state index contributed by atoms with van der Waals surface area (Å²) in [5, 5.41) is 3.26. The molecule has 5 nitrogen and oxygen atoms in total. The fraction of sp³-hybridized carbons (Fsp3) is 0.625. The predicted molar refractivity (Wildman–Crippen MR) is 82.2 cm³/mol. The van der Waals surface area contributed by atoms with Crippen LogP contribution < -0.4 is 5.32 Å². The van der Waals surface area contributed by atoms with Crippen LogP contribution in [0.1, 0.15) is 25.0 Å². The number of amides is 1. The van der Waals surface area contributed by atoms with Gasteiger partial charge in [-0.1, -0.05) is 6.07 Å². The highest BCUT2D eigenvalue weighted by Gasteiger charge is 2.30. The number of nitrogens with one attached hydrogen (secondary N) is 1. The zero-order chi connectivity index (χ0) is 17.4. The van der Waals surface area contributed by atoms with Crippen LogP contribution in [0.15, 0.2) is 24.4 Å². The molecule has 8 heteroatoms. The summed E-state index contributed by atoms with van der Waals surface area (Å²) < 4.78 is 41.1. The van der Waals surface area contributed by atoms with Gasteiger partial charge in [0.1, 0.15) is 13.2 Å². The summed E-state index contributed by atoms with van der Waals surface area (Å²) in [6.45, 7) is -0.0505. The molecule has 0 radical (unpaired) electrons. The van der Waals surface area contributed by atoms with E-state index >= 15 is 0 Å².